The molecule has 3 aliphatic rings. The van der Waals surface area contributed by atoms with Crippen molar-refractivity contribution in [2.45, 2.75) is 15.3 Å². The summed E-state index contributed by atoms with van der Waals surface area (Å²) in [6.07, 6.45) is 0. The van der Waals surface area contributed by atoms with Crippen LogP contribution in [0.1, 0.15) is 37.4 Å². The highest BCUT2D eigenvalue weighted by atomic mass is 32.2. The Kier molecular flexibility index (Phi) is 5.80. The Morgan fingerprint density at radius 2 is 1.00 bits per heavy atom. The molecule has 6 heteroatoms. The van der Waals surface area contributed by atoms with E-state index in [-0.39, 0.29) is 11.8 Å². The van der Waals surface area contributed by atoms with E-state index < -0.39 is 5.54 Å². The standard InChI is InChI=1S/C40H27N3O2S/c1-41-38(44)27-16-13-19-30(37(27)39(41)45)40(43-33-22-9-11-24-35(33)46-36-25-12-10-23-34(36)43)28-17-5-7-20-31(28)42(26-14-3-2-4-15-26)32-21-8-6-18-29(32)40/h2-25H,1H3. The minimum absolute atomic E-state index is 0.282. The molecule has 0 bridgehead atoms. The Bertz CT molecular complexity index is 2140. The van der Waals surface area contributed by atoms with Crippen molar-refractivity contribution in [1.82, 2.24) is 4.90 Å². The predicted octanol–water partition coefficient (Wildman–Crippen LogP) is 9.29. The summed E-state index contributed by atoms with van der Waals surface area (Å²) < 4.78 is 0. The first-order chi connectivity index (χ1) is 22.6. The summed E-state index contributed by atoms with van der Waals surface area (Å²) in [5.41, 5.74) is 7.74. The van der Waals surface area contributed by atoms with Gasteiger partial charge in [0.1, 0.15) is 5.54 Å². The van der Waals surface area contributed by atoms with Crippen LogP contribution in [0.5, 0.6) is 0 Å². The van der Waals surface area contributed by atoms with E-state index in [0.29, 0.717) is 11.1 Å². The highest BCUT2D eigenvalue weighted by molar-refractivity contribution is 7.99. The summed E-state index contributed by atoms with van der Waals surface area (Å²) in [6, 6.07) is 50.0. The van der Waals surface area contributed by atoms with E-state index in [0.717, 1.165) is 54.9 Å². The first-order valence-electron chi connectivity index (χ1n) is 15.3. The molecule has 0 aromatic heterocycles. The van der Waals surface area contributed by atoms with E-state index in [1.807, 2.05) is 18.2 Å². The predicted molar refractivity (Wildman–Crippen MR) is 183 cm³/mol. The summed E-state index contributed by atoms with van der Waals surface area (Å²) in [7, 11) is 1.57. The molecule has 6 aromatic carbocycles. The van der Waals surface area contributed by atoms with E-state index in [1.165, 1.54) is 4.90 Å². The Morgan fingerprint density at radius 3 is 1.61 bits per heavy atom. The average molecular weight is 614 g/mol. The van der Waals surface area contributed by atoms with Gasteiger partial charge in [-0.25, -0.2) is 0 Å². The van der Waals surface area contributed by atoms with Gasteiger partial charge in [-0.3, -0.25) is 14.5 Å². The molecule has 3 aliphatic heterocycles. The molecule has 6 aromatic rings. The average Bonchev–Trinajstić information content (AvgIpc) is 3.33. The fraction of sp³-hybridized carbons (Fsp3) is 0.0500. The first-order valence-corrected chi connectivity index (χ1v) is 16.1. The molecule has 0 fully saturated rings. The van der Waals surface area contributed by atoms with E-state index in [9.17, 15) is 9.59 Å². The highest BCUT2D eigenvalue weighted by Crippen LogP contribution is 2.63. The zero-order valence-corrected chi connectivity index (χ0v) is 25.7. The van der Waals surface area contributed by atoms with Gasteiger partial charge in [0.25, 0.3) is 11.8 Å². The van der Waals surface area contributed by atoms with Crippen LogP contribution in [0.4, 0.5) is 28.4 Å². The van der Waals surface area contributed by atoms with Crippen molar-refractivity contribution in [2.24, 2.45) is 0 Å². The minimum atomic E-state index is -1.04. The summed E-state index contributed by atoms with van der Waals surface area (Å²) in [5, 5.41) is 0. The van der Waals surface area contributed by atoms with Crippen molar-refractivity contribution in [3.63, 3.8) is 0 Å². The number of rotatable bonds is 3. The zero-order chi connectivity index (χ0) is 31.0. The summed E-state index contributed by atoms with van der Waals surface area (Å²) in [5.74, 6) is -0.571. The van der Waals surface area contributed by atoms with Crippen molar-refractivity contribution in [2.75, 3.05) is 16.8 Å². The van der Waals surface area contributed by atoms with Gasteiger partial charge in [-0.15, -0.1) is 0 Å². The fourth-order valence-electron chi connectivity index (χ4n) is 7.50. The molecule has 9 rings (SSSR count). The van der Waals surface area contributed by atoms with Crippen LogP contribution in [0.15, 0.2) is 155 Å². The van der Waals surface area contributed by atoms with Gasteiger partial charge in [-0.1, -0.05) is 103 Å². The number of carbonyl (C=O) groups is 2. The third kappa shape index (κ3) is 3.47. The maximum absolute atomic E-state index is 14.2. The number of anilines is 5. The number of para-hydroxylation sites is 5. The molecule has 3 heterocycles. The van der Waals surface area contributed by atoms with Crippen LogP contribution in [-0.4, -0.2) is 23.8 Å². The minimum Gasteiger partial charge on any atom is -0.321 e. The Morgan fingerprint density at radius 1 is 0.500 bits per heavy atom. The number of imide groups is 1. The second kappa shape index (κ2) is 9.96. The number of hydrogen-bond acceptors (Lipinski definition) is 5. The number of benzene rings is 6. The summed E-state index contributed by atoms with van der Waals surface area (Å²) in [6.45, 7) is 0. The van der Waals surface area contributed by atoms with Gasteiger partial charge in [0.2, 0.25) is 0 Å². The molecule has 0 N–H and O–H groups in total. The maximum atomic E-state index is 14.2. The van der Waals surface area contributed by atoms with Crippen LogP contribution in [0.2, 0.25) is 0 Å². The zero-order valence-electron chi connectivity index (χ0n) is 24.9. The van der Waals surface area contributed by atoms with Gasteiger partial charge in [0.05, 0.1) is 33.9 Å². The van der Waals surface area contributed by atoms with E-state index in [2.05, 4.69) is 131 Å². The molecule has 0 unspecified atom stereocenters. The molecule has 5 nitrogen and oxygen atoms in total. The van der Waals surface area contributed by atoms with Gasteiger partial charge >= 0.3 is 0 Å². The Balaban J connectivity index is 1.50. The molecular formula is C40H27N3O2S. The van der Waals surface area contributed by atoms with Crippen LogP contribution in [0.3, 0.4) is 0 Å². The first kappa shape index (κ1) is 26.8. The summed E-state index contributed by atoms with van der Waals surface area (Å²) in [4.78, 5) is 35.9. The lowest BCUT2D eigenvalue weighted by Crippen LogP contribution is -2.50. The van der Waals surface area contributed by atoms with Crippen molar-refractivity contribution in [1.29, 1.82) is 0 Å². The van der Waals surface area contributed by atoms with Crippen LogP contribution in [0, 0.1) is 0 Å². The number of carbonyl (C=O) groups excluding carboxylic acids is 2. The molecule has 46 heavy (non-hydrogen) atoms. The monoisotopic (exact) mass is 613 g/mol. The molecule has 2 amide bonds. The Labute approximate surface area is 271 Å². The molecule has 0 radical (unpaired) electrons. The smallest absolute Gasteiger partial charge is 0.261 e. The normalized spacial score (nSPS) is 15.5. The second-order valence-electron chi connectivity index (χ2n) is 11.7. The molecule has 0 aliphatic carbocycles. The topological polar surface area (TPSA) is 43.9 Å². The number of hydrogen-bond donors (Lipinski definition) is 0. The quantitative estimate of drug-likeness (QED) is 0.186. The maximum Gasteiger partial charge on any atom is 0.261 e. The largest absolute Gasteiger partial charge is 0.321 e. The van der Waals surface area contributed by atoms with E-state index in [1.54, 1.807) is 24.9 Å². The second-order valence-corrected chi connectivity index (χ2v) is 12.8. The lowest BCUT2D eigenvalue weighted by molar-refractivity contribution is 0.0692. The van der Waals surface area contributed by atoms with Gasteiger partial charge in [0, 0.05) is 39.2 Å². The number of fused-ring (bicyclic) bond motifs is 5. The van der Waals surface area contributed by atoms with Crippen molar-refractivity contribution in [3.8, 4) is 0 Å². The lowest BCUT2D eigenvalue weighted by Gasteiger charge is -2.54. The van der Waals surface area contributed by atoms with Crippen molar-refractivity contribution in [3.05, 3.63) is 173 Å². The SMILES string of the molecule is CN1C(=O)c2cccc(C3(N4c5ccccc5Sc5ccccc54)c4ccccc4N(c4ccccc4)c4ccccc43)c2C1=O. The summed E-state index contributed by atoms with van der Waals surface area (Å²) >= 11 is 1.75. The van der Waals surface area contributed by atoms with Gasteiger partial charge in [-0.05, 0) is 54.6 Å². The molecular weight excluding hydrogens is 587 g/mol. The number of amides is 2. The van der Waals surface area contributed by atoms with Gasteiger partial charge < -0.3 is 9.80 Å². The van der Waals surface area contributed by atoms with Crippen LogP contribution < -0.4 is 9.80 Å². The van der Waals surface area contributed by atoms with Crippen molar-refractivity contribution < 1.29 is 9.59 Å². The van der Waals surface area contributed by atoms with Crippen LogP contribution in [0.25, 0.3) is 0 Å². The van der Waals surface area contributed by atoms with Crippen molar-refractivity contribution >= 4 is 52.0 Å². The molecule has 0 spiro atoms. The fourth-order valence-corrected chi connectivity index (χ4v) is 8.56. The molecule has 0 saturated heterocycles. The van der Waals surface area contributed by atoms with Crippen LogP contribution in [-0.2, 0) is 5.54 Å². The van der Waals surface area contributed by atoms with E-state index >= 15 is 0 Å². The lowest BCUT2D eigenvalue weighted by atomic mass is 9.69. The molecule has 0 atom stereocenters. The molecule has 0 saturated carbocycles. The number of nitrogens with zero attached hydrogens (tertiary/aromatic N) is 3. The Hall–Kier alpha value is -5.59. The van der Waals surface area contributed by atoms with E-state index in [4.69, 9.17) is 0 Å². The van der Waals surface area contributed by atoms with Crippen LogP contribution >= 0.6 is 11.8 Å². The van der Waals surface area contributed by atoms with Gasteiger partial charge in [-0.2, -0.15) is 0 Å². The molecule has 220 valence electrons. The highest BCUT2D eigenvalue weighted by Gasteiger charge is 2.54. The third-order valence-electron chi connectivity index (χ3n) is 9.36. The van der Waals surface area contributed by atoms with Gasteiger partial charge in [0.15, 0.2) is 0 Å². The third-order valence-corrected chi connectivity index (χ3v) is 10.5.